The highest BCUT2D eigenvalue weighted by molar-refractivity contribution is 5.90. The zero-order valence-corrected chi connectivity index (χ0v) is 19.2. The zero-order chi connectivity index (χ0) is 22.2. The summed E-state index contributed by atoms with van der Waals surface area (Å²) in [7, 11) is 0. The molecule has 3 saturated heterocycles. The maximum absolute atomic E-state index is 13.4. The molecule has 0 radical (unpaired) electrons. The Morgan fingerprint density at radius 2 is 1.76 bits per heavy atom. The summed E-state index contributed by atoms with van der Waals surface area (Å²) in [4.78, 5) is 18.2. The topological polar surface area (TPSA) is 44.8 Å². The largest absolute Gasteiger partial charge is 0.457 e. The molecule has 0 unspecified atom stereocenters. The molecule has 5 nitrogen and oxygen atoms in total. The van der Waals surface area contributed by atoms with Gasteiger partial charge in [-0.2, -0.15) is 0 Å². The van der Waals surface area contributed by atoms with Crippen LogP contribution < -0.4 is 10.1 Å². The van der Waals surface area contributed by atoms with E-state index >= 15 is 0 Å². The number of benzene rings is 2. The van der Waals surface area contributed by atoms with E-state index in [4.69, 9.17) is 4.74 Å². The third-order valence-electron chi connectivity index (χ3n) is 8.00. The molecule has 2 aromatic carbocycles. The van der Waals surface area contributed by atoms with Crippen molar-refractivity contribution >= 4 is 11.7 Å². The van der Waals surface area contributed by atoms with Gasteiger partial charge in [0.15, 0.2) is 0 Å². The van der Waals surface area contributed by atoms with Crippen molar-refractivity contribution in [3.8, 4) is 11.5 Å². The number of piperidine rings is 3. The molecule has 2 amide bonds. The molecule has 3 fully saturated rings. The number of likely N-dealkylation sites (tertiary alicyclic amines) is 1. The van der Waals surface area contributed by atoms with Crippen LogP contribution in [0.4, 0.5) is 10.5 Å². The SMILES string of the molecule is O=C(Nc1ccc(Oc2ccccc2)cc1)N1CCCC2=C[C@H]3C[C@@H](CN4CCCC[C@H]34)[C@H]21. The zero-order valence-electron chi connectivity index (χ0n) is 19.2. The van der Waals surface area contributed by atoms with Gasteiger partial charge in [0.05, 0.1) is 6.04 Å². The van der Waals surface area contributed by atoms with Gasteiger partial charge >= 0.3 is 6.03 Å². The van der Waals surface area contributed by atoms with Crippen LogP contribution in [-0.4, -0.2) is 47.5 Å². The van der Waals surface area contributed by atoms with Gasteiger partial charge in [-0.1, -0.05) is 36.3 Å². The minimum absolute atomic E-state index is 0.0292. The van der Waals surface area contributed by atoms with Crippen LogP contribution in [0, 0.1) is 11.8 Å². The van der Waals surface area contributed by atoms with E-state index in [2.05, 4.69) is 21.2 Å². The Kier molecular flexibility index (Phi) is 5.58. The fourth-order valence-corrected chi connectivity index (χ4v) is 6.63. The van der Waals surface area contributed by atoms with E-state index in [1.807, 2.05) is 54.6 Å². The number of hydrogen-bond acceptors (Lipinski definition) is 3. The van der Waals surface area contributed by atoms with Crippen molar-refractivity contribution in [2.45, 2.75) is 50.6 Å². The Balaban J connectivity index is 1.15. The summed E-state index contributed by atoms with van der Waals surface area (Å²) in [5.74, 6) is 2.83. The standard InChI is InChI=1S/C28H33N3O2/c32-28(29-23-11-13-25(14-12-23)33-24-8-2-1-3-9-24)31-16-6-7-20-17-21-18-22(27(20)31)19-30-15-5-4-10-26(21)30/h1-3,8-9,11-14,17,21-22,26-27H,4-7,10,15-16,18-19H2,(H,29,32)/t21-,22-,26+,27-/m0/s1. The lowest BCUT2D eigenvalue weighted by Gasteiger charge is -2.54. The van der Waals surface area contributed by atoms with Crippen LogP contribution in [0.1, 0.15) is 38.5 Å². The molecule has 0 aromatic heterocycles. The van der Waals surface area contributed by atoms with E-state index in [0.29, 0.717) is 11.8 Å². The van der Waals surface area contributed by atoms with Gasteiger partial charge in [0.2, 0.25) is 0 Å². The van der Waals surface area contributed by atoms with Gasteiger partial charge in [-0.15, -0.1) is 0 Å². The number of hydrogen-bond donors (Lipinski definition) is 1. The lowest BCUT2D eigenvalue weighted by atomic mass is 9.68. The van der Waals surface area contributed by atoms with Crippen molar-refractivity contribution in [2.75, 3.05) is 25.0 Å². The maximum atomic E-state index is 13.4. The minimum atomic E-state index is 0.0292. The molecule has 3 heterocycles. The van der Waals surface area contributed by atoms with E-state index in [1.165, 1.54) is 37.8 Å². The number of rotatable bonds is 3. The van der Waals surface area contributed by atoms with E-state index in [1.54, 1.807) is 0 Å². The Morgan fingerprint density at radius 1 is 0.939 bits per heavy atom. The van der Waals surface area contributed by atoms with Crippen LogP contribution in [0.25, 0.3) is 0 Å². The quantitative estimate of drug-likeness (QED) is 0.600. The Bertz CT molecular complexity index is 1020. The molecule has 0 saturated carbocycles. The Hall–Kier alpha value is -2.79. The highest BCUT2D eigenvalue weighted by Crippen LogP contribution is 2.45. The molecular weight excluding hydrogens is 410 g/mol. The lowest BCUT2D eigenvalue weighted by Crippen LogP contribution is -2.60. The highest BCUT2D eigenvalue weighted by Gasteiger charge is 2.46. The van der Waals surface area contributed by atoms with E-state index in [-0.39, 0.29) is 12.1 Å². The number of carbonyl (C=O) groups excluding carboxylic acids is 1. The summed E-state index contributed by atoms with van der Waals surface area (Å²) in [6.45, 7) is 3.23. The fraction of sp³-hybridized carbons (Fsp3) is 0.464. The third-order valence-corrected chi connectivity index (χ3v) is 8.00. The molecule has 2 bridgehead atoms. The van der Waals surface area contributed by atoms with Crippen molar-refractivity contribution in [3.05, 3.63) is 66.2 Å². The summed E-state index contributed by atoms with van der Waals surface area (Å²) in [5, 5.41) is 3.16. The summed E-state index contributed by atoms with van der Waals surface area (Å²) >= 11 is 0. The van der Waals surface area contributed by atoms with E-state index in [0.717, 1.165) is 49.2 Å². The average Bonchev–Trinajstić information content (AvgIpc) is 2.85. The summed E-state index contributed by atoms with van der Waals surface area (Å²) < 4.78 is 5.88. The molecule has 2 aromatic rings. The first-order valence-corrected chi connectivity index (χ1v) is 12.6. The number of anilines is 1. The monoisotopic (exact) mass is 443 g/mol. The first kappa shape index (κ1) is 20.8. The first-order valence-electron chi connectivity index (χ1n) is 12.6. The number of amides is 2. The van der Waals surface area contributed by atoms with Gasteiger partial charge in [-0.05, 0) is 86.9 Å². The second kappa shape index (κ2) is 8.86. The normalized spacial score (nSPS) is 28.8. The molecule has 4 atom stereocenters. The Morgan fingerprint density at radius 3 is 2.61 bits per heavy atom. The van der Waals surface area contributed by atoms with Gasteiger partial charge in [0, 0.05) is 24.8 Å². The summed E-state index contributed by atoms with van der Waals surface area (Å²) in [5.41, 5.74) is 2.33. The number of nitrogens with one attached hydrogen (secondary N) is 1. The lowest BCUT2D eigenvalue weighted by molar-refractivity contribution is 0.00908. The molecule has 33 heavy (non-hydrogen) atoms. The molecule has 4 aliphatic rings. The number of urea groups is 1. The van der Waals surface area contributed by atoms with Crippen molar-refractivity contribution in [1.82, 2.24) is 9.80 Å². The van der Waals surface area contributed by atoms with E-state index in [9.17, 15) is 4.79 Å². The fourth-order valence-electron chi connectivity index (χ4n) is 6.63. The molecule has 3 aliphatic heterocycles. The predicted molar refractivity (Wildman–Crippen MR) is 131 cm³/mol. The predicted octanol–water partition coefficient (Wildman–Crippen LogP) is 5.91. The first-order chi connectivity index (χ1) is 16.2. The van der Waals surface area contributed by atoms with Crippen molar-refractivity contribution in [3.63, 3.8) is 0 Å². The number of para-hydroxylation sites is 1. The number of carbonyl (C=O) groups is 1. The van der Waals surface area contributed by atoms with Gasteiger partial charge in [-0.25, -0.2) is 4.79 Å². The van der Waals surface area contributed by atoms with Crippen molar-refractivity contribution < 1.29 is 9.53 Å². The molecule has 0 spiro atoms. The maximum Gasteiger partial charge on any atom is 0.322 e. The molecule has 5 heteroatoms. The molecule has 1 aliphatic carbocycles. The van der Waals surface area contributed by atoms with Gasteiger partial charge < -0.3 is 15.0 Å². The smallest absolute Gasteiger partial charge is 0.322 e. The van der Waals surface area contributed by atoms with Crippen LogP contribution in [0.2, 0.25) is 0 Å². The number of ether oxygens (including phenoxy) is 1. The van der Waals surface area contributed by atoms with Crippen LogP contribution >= 0.6 is 0 Å². The Labute approximate surface area is 196 Å². The van der Waals surface area contributed by atoms with Gasteiger partial charge in [0.1, 0.15) is 11.5 Å². The minimum Gasteiger partial charge on any atom is -0.457 e. The molecular formula is C28H33N3O2. The molecule has 1 N–H and O–H groups in total. The van der Waals surface area contributed by atoms with Gasteiger partial charge in [-0.3, -0.25) is 4.90 Å². The third kappa shape index (κ3) is 4.15. The van der Waals surface area contributed by atoms with E-state index < -0.39 is 0 Å². The molecule has 172 valence electrons. The number of fused-ring (bicyclic) bond motifs is 6. The highest BCUT2D eigenvalue weighted by atomic mass is 16.5. The summed E-state index contributed by atoms with van der Waals surface area (Å²) in [6, 6.07) is 18.4. The average molecular weight is 444 g/mol. The number of nitrogens with zero attached hydrogens (tertiary/aromatic N) is 2. The van der Waals surface area contributed by atoms with Crippen molar-refractivity contribution in [2.24, 2.45) is 11.8 Å². The summed E-state index contributed by atoms with van der Waals surface area (Å²) in [6.07, 6.45) is 10.1. The van der Waals surface area contributed by atoms with Crippen LogP contribution in [0.5, 0.6) is 11.5 Å². The second-order valence-corrected chi connectivity index (χ2v) is 10.1. The van der Waals surface area contributed by atoms with Crippen LogP contribution in [0.15, 0.2) is 66.2 Å². The molecule has 6 rings (SSSR count). The van der Waals surface area contributed by atoms with Crippen LogP contribution in [-0.2, 0) is 0 Å². The van der Waals surface area contributed by atoms with Gasteiger partial charge in [0.25, 0.3) is 0 Å². The van der Waals surface area contributed by atoms with Crippen molar-refractivity contribution in [1.29, 1.82) is 0 Å². The van der Waals surface area contributed by atoms with Crippen LogP contribution in [0.3, 0.4) is 0 Å². The second-order valence-electron chi connectivity index (χ2n) is 10.1.